The first-order valence-electron chi connectivity index (χ1n) is 9.61. The number of aliphatic carboxylic acids is 1. The number of carboxylic acids is 1. The number of hydrogen-bond acceptors (Lipinski definition) is 9. The highest BCUT2D eigenvalue weighted by Gasteiger charge is 2.33. The van der Waals surface area contributed by atoms with Crippen molar-refractivity contribution in [1.82, 2.24) is 0 Å². The predicted octanol–water partition coefficient (Wildman–Crippen LogP) is 1.68. The van der Waals surface area contributed by atoms with Gasteiger partial charge < -0.3 is 28.8 Å². The maximum absolute atomic E-state index is 11.4. The van der Waals surface area contributed by atoms with Gasteiger partial charge in [0.05, 0.1) is 44.7 Å². The number of esters is 1. The summed E-state index contributed by atoms with van der Waals surface area (Å²) in [4.78, 5) is 43.0. The van der Waals surface area contributed by atoms with Crippen molar-refractivity contribution in [3.8, 4) is 0 Å². The summed E-state index contributed by atoms with van der Waals surface area (Å²) in [6, 6.07) is 0. The van der Waals surface area contributed by atoms with Gasteiger partial charge >= 0.3 is 11.9 Å². The van der Waals surface area contributed by atoms with Crippen LogP contribution in [0.15, 0.2) is 63.5 Å². The summed E-state index contributed by atoms with van der Waals surface area (Å²) in [6.07, 6.45) is 5.46. The average molecular weight is 468 g/mol. The first-order chi connectivity index (χ1) is 15.7. The SMILES string of the molecule is C=CC(=O)O.C=COCC(COCCOC(=O)C=C)(COCC(=O)C=C)COCC(=O)C=C. The summed E-state index contributed by atoms with van der Waals surface area (Å²) in [7, 11) is 0. The molecule has 0 saturated heterocycles. The van der Waals surface area contributed by atoms with E-state index in [1.54, 1.807) is 0 Å². The van der Waals surface area contributed by atoms with Gasteiger partial charge in [0.15, 0.2) is 11.6 Å². The molecular formula is C23H32O10. The molecule has 1 N–H and O–H groups in total. The molecule has 0 aromatic heterocycles. The van der Waals surface area contributed by atoms with E-state index >= 15 is 0 Å². The number of ketones is 2. The van der Waals surface area contributed by atoms with Crippen molar-refractivity contribution in [2.45, 2.75) is 0 Å². The van der Waals surface area contributed by atoms with Crippen LogP contribution < -0.4 is 0 Å². The molecule has 0 aliphatic carbocycles. The molecule has 0 aromatic rings. The van der Waals surface area contributed by atoms with Crippen LogP contribution in [0.5, 0.6) is 0 Å². The third-order valence-electron chi connectivity index (χ3n) is 3.49. The molecule has 0 aliphatic heterocycles. The summed E-state index contributed by atoms with van der Waals surface area (Å²) in [6.45, 7) is 16.6. The standard InChI is InChI=1S/C20H28O8.C3H4O2/c1-5-17(21)11-26-15-20(13-24-8-4,16-27-12-18(22)6-2)14-25-9-10-28-19(23)7-3;1-2-3(4)5/h5-8H,1-4,9-16H2;2H,1H2,(H,4,5). The van der Waals surface area contributed by atoms with E-state index in [0.29, 0.717) is 0 Å². The van der Waals surface area contributed by atoms with E-state index in [0.717, 1.165) is 24.3 Å². The van der Waals surface area contributed by atoms with Gasteiger partial charge in [0.2, 0.25) is 0 Å². The summed E-state index contributed by atoms with van der Waals surface area (Å²) >= 11 is 0. The molecule has 0 spiro atoms. The van der Waals surface area contributed by atoms with E-state index in [1.807, 2.05) is 0 Å². The topological polar surface area (TPSA) is 135 Å². The Kier molecular flexibility index (Phi) is 19.8. The fraction of sp³-hybridized carbons (Fsp3) is 0.391. The third kappa shape index (κ3) is 19.1. The molecule has 0 aliphatic rings. The molecule has 0 rings (SSSR count). The lowest BCUT2D eigenvalue weighted by atomic mass is 9.92. The number of rotatable bonds is 20. The molecule has 0 saturated carbocycles. The maximum atomic E-state index is 11.4. The highest BCUT2D eigenvalue weighted by molar-refractivity contribution is 5.90. The van der Waals surface area contributed by atoms with Crippen molar-refractivity contribution in [3.05, 3.63) is 63.5 Å². The fourth-order valence-electron chi connectivity index (χ4n) is 1.89. The monoisotopic (exact) mass is 468 g/mol. The van der Waals surface area contributed by atoms with Gasteiger partial charge in [-0.15, -0.1) is 0 Å². The van der Waals surface area contributed by atoms with Gasteiger partial charge in [0, 0.05) is 12.2 Å². The first-order valence-corrected chi connectivity index (χ1v) is 9.61. The van der Waals surface area contributed by atoms with Gasteiger partial charge in [-0.3, -0.25) is 9.59 Å². The Morgan fingerprint density at radius 1 is 0.697 bits per heavy atom. The first kappa shape index (κ1) is 31.8. The minimum absolute atomic E-state index is 0.0366. The van der Waals surface area contributed by atoms with Gasteiger partial charge in [0.1, 0.15) is 19.8 Å². The van der Waals surface area contributed by atoms with Crippen LogP contribution in [0.2, 0.25) is 0 Å². The van der Waals surface area contributed by atoms with Crippen LogP contribution in [0.25, 0.3) is 0 Å². The Hall–Kier alpha value is -3.34. The predicted molar refractivity (Wildman–Crippen MR) is 120 cm³/mol. The zero-order valence-electron chi connectivity index (χ0n) is 18.7. The van der Waals surface area contributed by atoms with E-state index < -0.39 is 17.4 Å². The molecule has 10 heteroatoms. The lowest BCUT2D eigenvalue weighted by Gasteiger charge is -2.32. The van der Waals surface area contributed by atoms with Crippen molar-refractivity contribution < 1.29 is 48.0 Å². The number of ether oxygens (including phenoxy) is 5. The zero-order valence-corrected chi connectivity index (χ0v) is 18.7. The Labute approximate surface area is 193 Å². The molecule has 184 valence electrons. The second-order valence-electron chi connectivity index (χ2n) is 6.27. The fourth-order valence-corrected chi connectivity index (χ4v) is 1.89. The molecule has 0 atom stereocenters. The highest BCUT2D eigenvalue weighted by atomic mass is 16.6. The van der Waals surface area contributed by atoms with E-state index in [4.69, 9.17) is 28.8 Å². The maximum Gasteiger partial charge on any atom is 0.330 e. The molecule has 0 bridgehead atoms. The van der Waals surface area contributed by atoms with Gasteiger partial charge in [-0.1, -0.05) is 32.9 Å². The number of carboxylic acid groups (broad SMARTS) is 1. The molecule has 33 heavy (non-hydrogen) atoms. The molecule has 0 unspecified atom stereocenters. The molecule has 0 amide bonds. The molecule has 0 radical (unpaired) electrons. The van der Waals surface area contributed by atoms with Gasteiger partial charge in [-0.2, -0.15) is 0 Å². The Morgan fingerprint density at radius 3 is 1.58 bits per heavy atom. The van der Waals surface area contributed by atoms with Crippen molar-refractivity contribution in [3.63, 3.8) is 0 Å². The van der Waals surface area contributed by atoms with Gasteiger partial charge in [-0.25, -0.2) is 9.59 Å². The van der Waals surface area contributed by atoms with Crippen LogP contribution in [-0.2, 0) is 42.9 Å². The zero-order chi connectivity index (χ0) is 25.5. The largest absolute Gasteiger partial charge is 0.501 e. The summed E-state index contributed by atoms with van der Waals surface area (Å²) < 4.78 is 26.6. The Bertz CT molecular complexity index is 655. The van der Waals surface area contributed by atoms with Crippen molar-refractivity contribution in [2.75, 3.05) is 52.9 Å². The number of hydrogen-bond donors (Lipinski definition) is 1. The van der Waals surface area contributed by atoms with Crippen molar-refractivity contribution in [2.24, 2.45) is 5.41 Å². The second-order valence-corrected chi connectivity index (χ2v) is 6.27. The van der Waals surface area contributed by atoms with E-state index in [9.17, 15) is 19.2 Å². The third-order valence-corrected chi connectivity index (χ3v) is 3.49. The number of carbonyl (C=O) groups is 4. The van der Waals surface area contributed by atoms with Gasteiger partial charge in [0.25, 0.3) is 0 Å². The molecule has 10 nitrogen and oxygen atoms in total. The number of carbonyl (C=O) groups excluding carboxylic acids is 3. The Balaban J connectivity index is 0. The van der Waals surface area contributed by atoms with Crippen LogP contribution in [0, 0.1) is 5.41 Å². The minimum atomic E-state index is -0.981. The molecule has 0 heterocycles. The summed E-state index contributed by atoms with van der Waals surface area (Å²) in [5, 5.41) is 7.60. The highest BCUT2D eigenvalue weighted by Crippen LogP contribution is 2.21. The van der Waals surface area contributed by atoms with E-state index in [2.05, 4.69) is 32.9 Å². The smallest absolute Gasteiger partial charge is 0.330 e. The molecular weight excluding hydrogens is 436 g/mol. The molecule has 0 fully saturated rings. The average Bonchev–Trinajstić information content (AvgIpc) is 2.82. The van der Waals surface area contributed by atoms with E-state index in [1.165, 1.54) is 6.26 Å². The van der Waals surface area contributed by atoms with Crippen LogP contribution in [-0.4, -0.2) is 81.5 Å². The van der Waals surface area contributed by atoms with Crippen LogP contribution in [0.4, 0.5) is 0 Å². The summed E-state index contributed by atoms with van der Waals surface area (Å²) in [5.74, 6) is -2.09. The normalized spacial score (nSPS) is 9.94. The lowest BCUT2D eigenvalue weighted by molar-refractivity contribution is -0.141. The molecule has 0 aromatic carbocycles. The van der Waals surface area contributed by atoms with Crippen molar-refractivity contribution in [1.29, 1.82) is 0 Å². The van der Waals surface area contributed by atoms with Crippen LogP contribution >= 0.6 is 0 Å². The lowest BCUT2D eigenvalue weighted by Crippen LogP contribution is -2.42. The minimum Gasteiger partial charge on any atom is -0.501 e. The quantitative estimate of drug-likeness (QED) is 0.122. The van der Waals surface area contributed by atoms with Crippen LogP contribution in [0.3, 0.4) is 0 Å². The Morgan fingerprint density at radius 2 is 1.18 bits per heavy atom. The van der Waals surface area contributed by atoms with Gasteiger partial charge in [-0.05, 0) is 12.2 Å². The second kappa shape index (κ2) is 20.6. The van der Waals surface area contributed by atoms with Crippen LogP contribution in [0.1, 0.15) is 0 Å². The van der Waals surface area contributed by atoms with E-state index in [-0.39, 0.29) is 64.4 Å². The van der Waals surface area contributed by atoms with Crippen molar-refractivity contribution >= 4 is 23.5 Å². The summed E-state index contributed by atoms with van der Waals surface area (Å²) in [5.41, 5.74) is -0.834.